The fraction of sp³-hybridized carbons (Fsp3) is 0.471. The molecule has 0 bridgehead atoms. The van der Waals surface area contributed by atoms with E-state index >= 15 is 0 Å². The lowest BCUT2D eigenvalue weighted by Gasteiger charge is -2.23. The molecule has 1 atom stereocenters. The van der Waals surface area contributed by atoms with Crippen LogP contribution in [0.4, 0.5) is 13.2 Å². The van der Waals surface area contributed by atoms with Crippen molar-refractivity contribution >= 4 is 0 Å². The van der Waals surface area contributed by atoms with Crippen molar-refractivity contribution in [3.8, 4) is 5.75 Å². The van der Waals surface area contributed by atoms with Crippen molar-refractivity contribution in [2.75, 3.05) is 26.3 Å². The van der Waals surface area contributed by atoms with Gasteiger partial charge < -0.3 is 14.0 Å². The lowest BCUT2D eigenvalue weighted by atomic mass is 10.2. The van der Waals surface area contributed by atoms with Crippen LogP contribution >= 0.6 is 0 Å². The number of aromatic nitrogens is 2. The SMILES string of the molecule is Cn1ccnc1CN1CCOC[C@H](Oc2ccc(C(F)(F)F)cc2)C1. The van der Waals surface area contributed by atoms with Crippen LogP contribution < -0.4 is 4.74 Å². The highest BCUT2D eigenvalue weighted by atomic mass is 19.4. The van der Waals surface area contributed by atoms with Crippen LogP contribution in [-0.4, -0.2) is 46.9 Å². The molecule has 8 heteroatoms. The number of alkyl halides is 3. The minimum atomic E-state index is -4.34. The van der Waals surface area contributed by atoms with E-state index in [1.165, 1.54) is 12.1 Å². The Kier molecular flexibility index (Phi) is 5.29. The molecule has 0 saturated carbocycles. The van der Waals surface area contributed by atoms with E-state index in [1.807, 2.05) is 17.8 Å². The van der Waals surface area contributed by atoms with E-state index in [9.17, 15) is 13.2 Å². The van der Waals surface area contributed by atoms with Gasteiger partial charge in [-0.1, -0.05) is 0 Å². The second kappa shape index (κ2) is 7.45. The smallest absolute Gasteiger partial charge is 0.416 e. The van der Waals surface area contributed by atoms with E-state index in [4.69, 9.17) is 9.47 Å². The number of ether oxygens (including phenoxy) is 2. The zero-order chi connectivity index (χ0) is 17.9. The van der Waals surface area contributed by atoms with Crippen molar-refractivity contribution in [3.05, 3.63) is 48.0 Å². The zero-order valence-electron chi connectivity index (χ0n) is 13.9. The lowest BCUT2D eigenvalue weighted by molar-refractivity contribution is -0.137. The van der Waals surface area contributed by atoms with E-state index < -0.39 is 11.7 Å². The molecule has 1 fully saturated rings. The Bertz CT molecular complexity index is 685. The number of hydrogen-bond acceptors (Lipinski definition) is 4. The highest BCUT2D eigenvalue weighted by molar-refractivity contribution is 5.29. The first-order valence-corrected chi connectivity index (χ1v) is 8.02. The van der Waals surface area contributed by atoms with Gasteiger partial charge in [-0.05, 0) is 24.3 Å². The number of hydrogen-bond donors (Lipinski definition) is 0. The maximum absolute atomic E-state index is 12.6. The lowest BCUT2D eigenvalue weighted by Crippen LogP contribution is -2.36. The molecule has 1 aliphatic rings. The minimum Gasteiger partial charge on any atom is -0.487 e. The first-order chi connectivity index (χ1) is 11.9. The van der Waals surface area contributed by atoms with E-state index in [1.54, 1.807) is 6.20 Å². The van der Waals surface area contributed by atoms with Gasteiger partial charge in [0.25, 0.3) is 0 Å². The van der Waals surface area contributed by atoms with Crippen LogP contribution in [0.5, 0.6) is 5.75 Å². The summed E-state index contributed by atoms with van der Waals surface area (Å²) in [5.41, 5.74) is -0.687. The van der Waals surface area contributed by atoms with Crippen molar-refractivity contribution < 1.29 is 22.6 Å². The topological polar surface area (TPSA) is 39.5 Å². The Morgan fingerprint density at radius 3 is 2.68 bits per heavy atom. The standard InChI is InChI=1S/C17H20F3N3O2/c1-22-7-6-21-16(22)11-23-8-9-24-12-15(10-23)25-14-4-2-13(3-5-14)17(18,19)20/h2-7,15H,8-12H2,1H3/t15-/m1/s1. The van der Waals surface area contributed by atoms with Crippen molar-refractivity contribution in [2.24, 2.45) is 7.05 Å². The fourth-order valence-corrected chi connectivity index (χ4v) is 2.72. The molecule has 1 saturated heterocycles. The molecule has 1 aromatic heterocycles. The Labute approximate surface area is 144 Å². The molecule has 0 amide bonds. The Morgan fingerprint density at radius 1 is 1.28 bits per heavy atom. The van der Waals surface area contributed by atoms with Crippen molar-refractivity contribution in [3.63, 3.8) is 0 Å². The maximum Gasteiger partial charge on any atom is 0.416 e. The van der Waals surface area contributed by atoms with Crippen LogP contribution in [0.1, 0.15) is 11.4 Å². The summed E-state index contributed by atoms with van der Waals surface area (Å²) in [7, 11) is 1.94. The average Bonchev–Trinajstić information content (AvgIpc) is 2.82. The number of rotatable bonds is 4. The average molecular weight is 355 g/mol. The summed E-state index contributed by atoms with van der Waals surface area (Å²) < 4.78 is 51.2. The van der Waals surface area contributed by atoms with Gasteiger partial charge in [-0.15, -0.1) is 0 Å². The minimum absolute atomic E-state index is 0.250. The van der Waals surface area contributed by atoms with Crippen molar-refractivity contribution in [1.29, 1.82) is 0 Å². The van der Waals surface area contributed by atoms with Crippen LogP contribution in [0.25, 0.3) is 0 Å². The van der Waals surface area contributed by atoms with Gasteiger partial charge in [-0.3, -0.25) is 4.90 Å². The van der Waals surface area contributed by atoms with Crippen molar-refractivity contribution in [1.82, 2.24) is 14.5 Å². The second-order valence-electron chi connectivity index (χ2n) is 6.03. The molecule has 0 radical (unpaired) electrons. The molecule has 3 rings (SSSR count). The summed E-state index contributed by atoms with van der Waals surface area (Å²) in [6.07, 6.45) is -0.956. The number of nitrogens with zero attached hydrogens (tertiary/aromatic N) is 3. The Hall–Kier alpha value is -2.06. The predicted octanol–water partition coefficient (Wildman–Crippen LogP) is 2.72. The van der Waals surface area contributed by atoms with Gasteiger partial charge in [-0.25, -0.2) is 4.98 Å². The summed E-state index contributed by atoms with van der Waals surface area (Å²) in [5.74, 6) is 1.34. The third-order valence-electron chi connectivity index (χ3n) is 4.09. The molecule has 0 aliphatic carbocycles. The normalized spacial score (nSPS) is 19.6. The van der Waals surface area contributed by atoms with Crippen LogP contribution in [-0.2, 0) is 24.5 Å². The van der Waals surface area contributed by atoms with Gasteiger partial charge in [0.15, 0.2) is 0 Å². The largest absolute Gasteiger partial charge is 0.487 e. The van der Waals surface area contributed by atoms with Crippen LogP contribution in [0.3, 0.4) is 0 Å². The molecule has 2 heterocycles. The number of imidazole rings is 1. The molecular weight excluding hydrogens is 335 g/mol. The highest BCUT2D eigenvalue weighted by Gasteiger charge is 2.30. The molecule has 1 aliphatic heterocycles. The molecular formula is C17H20F3N3O2. The van der Waals surface area contributed by atoms with Crippen LogP contribution in [0.15, 0.2) is 36.7 Å². The highest BCUT2D eigenvalue weighted by Crippen LogP contribution is 2.30. The summed E-state index contributed by atoms with van der Waals surface area (Å²) >= 11 is 0. The number of aryl methyl sites for hydroxylation is 1. The third-order valence-corrected chi connectivity index (χ3v) is 4.09. The quantitative estimate of drug-likeness (QED) is 0.846. The summed E-state index contributed by atoms with van der Waals surface area (Å²) in [5, 5.41) is 0. The first-order valence-electron chi connectivity index (χ1n) is 8.02. The number of halogens is 3. The van der Waals surface area contributed by atoms with Gasteiger partial charge in [0.2, 0.25) is 0 Å². The Morgan fingerprint density at radius 2 is 2.04 bits per heavy atom. The molecule has 2 aromatic rings. The van der Waals surface area contributed by atoms with Gasteiger partial charge in [0.1, 0.15) is 17.7 Å². The van der Waals surface area contributed by atoms with E-state index in [0.717, 1.165) is 24.5 Å². The molecule has 25 heavy (non-hydrogen) atoms. The van der Waals surface area contributed by atoms with Gasteiger partial charge in [-0.2, -0.15) is 13.2 Å². The van der Waals surface area contributed by atoms with E-state index in [-0.39, 0.29) is 6.10 Å². The van der Waals surface area contributed by atoms with Crippen LogP contribution in [0, 0.1) is 0 Å². The zero-order valence-corrected chi connectivity index (χ0v) is 13.9. The fourth-order valence-electron chi connectivity index (χ4n) is 2.72. The van der Waals surface area contributed by atoms with Gasteiger partial charge in [0.05, 0.1) is 25.3 Å². The summed E-state index contributed by atoms with van der Waals surface area (Å²) in [4.78, 5) is 6.49. The number of benzene rings is 1. The molecule has 0 N–H and O–H groups in total. The van der Waals surface area contributed by atoms with Gasteiger partial charge in [0, 0.05) is 32.5 Å². The molecule has 5 nitrogen and oxygen atoms in total. The second-order valence-corrected chi connectivity index (χ2v) is 6.03. The van der Waals surface area contributed by atoms with Gasteiger partial charge >= 0.3 is 6.18 Å². The predicted molar refractivity (Wildman–Crippen MR) is 85.2 cm³/mol. The van der Waals surface area contributed by atoms with Crippen molar-refractivity contribution in [2.45, 2.75) is 18.8 Å². The summed E-state index contributed by atoms with van der Waals surface area (Å²) in [6.45, 7) is 3.02. The van der Waals surface area contributed by atoms with E-state index in [2.05, 4.69) is 9.88 Å². The Balaban J connectivity index is 1.62. The third kappa shape index (κ3) is 4.73. The molecule has 0 spiro atoms. The monoisotopic (exact) mass is 355 g/mol. The molecule has 0 unspecified atom stereocenters. The van der Waals surface area contributed by atoms with E-state index in [0.29, 0.717) is 32.1 Å². The molecule has 1 aromatic carbocycles. The summed E-state index contributed by atoms with van der Waals surface area (Å²) in [6, 6.07) is 4.74. The maximum atomic E-state index is 12.6. The first kappa shape index (κ1) is 17.8. The van der Waals surface area contributed by atoms with Crippen LogP contribution in [0.2, 0.25) is 0 Å². The molecule has 136 valence electrons.